The van der Waals surface area contributed by atoms with Gasteiger partial charge in [0.15, 0.2) is 0 Å². The summed E-state index contributed by atoms with van der Waals surface area (Å²) in [5.74, 6) is 1.52. The summed E-state index contributed by atoms with van der Waals surface area (Å²) < 4.78 is 5.36. The Morgan fingerprint density at radius 2 is 2.11 bits per heavy atom. The van der Waals surface area contributed by atoms with Gasteiger partial charge in [0.1, 0.15) is 11.9 Å². The molecule has 1 aliphatic carbocycles. The van der Waals surface area contributed by atoms with Gasteiger partial charge < -0.3 is 19.8 Å². The third kappa shape index (κ3) is 4.10. The zero-order valence-corrected chi connectivity index (χ0v) is 15.5. The first kappa shape index (κ1) is 17.9. The molecule has 1 saturated carbocycles. The van der Waals surface area contributed by atoms with Crippen LogP contribution in [0.1, 0.15) is 51.0 Å². The Kier molecular flexibility index (Phi) is 5.07. The molecule has 1 aliphatic heterocycles. The molecule has 1 saturated heterocycles. The number of aliphatic hydroxyl groups is 1. The fraction of sp³-hybridized carbons (Fsp3) is 0.579. The van der Waals surface area contributed by atoms with Crippen molar-refractivity contribution in [2.75, 3.05) is 18.0 Å². The molecule has 2 aromatic rings. The number of anilines is 1. The summed E-state index contributed by atoms with van der Waals surface area (Å²) in [6.07, 6.45) is 6.31. The van der Waals surface area contributed by atoms with Crippen molar-refractivity contribution in [1.29, 1.82) is 0 Å². The fourth-order valence-electron chi connectivity index (χ4n) is 3.34. The van der Waals surface area contributed by atoms with Gasteiger partial charge in [0.05, 0.1) is 6.10 Å². The van der Waals surface area contributed by atoms with Crippen LogP contribution in [0.25, 0.3) is 11.4 Å². The minimum Gasteiger partial charge on any atom is -0.391 e. The molecular weight excluding hydrogens is 346 g/mol. The van der Waals surface area contributed by atoms with Crippen molar-refractivity contribution < 1.29 is 14.4 Å². The van der Waals surface area contributed by atoms with Crippen molar-refractivity contribution >= 4 is 11.7 Å². The van der Waals surface area contributed by atoms with Crippen LogP contribution in [0.3, 0.4) is 0 Å². The van der Waals surface area contributed by atoms with Gasteiger partial charge in [0.2, 0.25) is 11.7 Å². The molecular formula is C19H25N5O3. The highest BCUT2D eigenvalue weighted by Gasteiger charge is 2.34. The van der Waals surface area contributed by atoms with Gasteiger partial charge in [-0.25, -0.2) is 4.98 Å². The maximum absolute atomic E-state index is 12.1. The highest BCUT2D eigenvalue weighted by Crippen LogP contribution is 2.30. The Labute approximate surface area is 158 Å². The van der Waals surface area contributed by atoms with Crippen LogP contribution in [0.15, 0.2) is 22.9 Å². The molecule has 0 bridgehead atoms. The van der Waals surface area contributed by atoms with Crippen molar-refractivity contribution in [3.8, 4) is 11.4 Å². The van der Waals surface area contributed by atoms with Crippen LogP contribution in [0.4, 0.5) is 5.82 Å². The smallest absolute Gasteiger partial charge is 0.252 e. The lowest BCUT2D eigenvalue weighted by molar-refractivity contribution is -0.124. The number of aliphatic hydroxyl groups excluding tert-OH is 1. The minimum absolute atomic E-state index is 0.0425. The summed E-state index contributed by atoms with van der Waals surface area (Å²) in [5.41, 5.74) is 0.804. The number of piperidine rings is 1. The highest BCUT2D eigenvalue weighted by molar-refractivity contribution is 5.81. The normalized spacial score (nSPS) is 19.6. The average molecular weight is 371 g/mol. The quantitative estimate of drug-likeness (QED) is 0.801. The molecule has 0 aromatic carbocycles. The maximum Gasteiger partial charge on any atom is 0.252 e. The number of hydrogen-bond donors (Lipinski definition) is 2. The van der Waals surface area contributed by atoms with Crippen LogP contribution < -0.4 is 10.2 Å². The van der Waals surface area contributed by atoms with Gasteiger partial charge in [-0.3, -0.25) is 4.79 Å². The van der Waals surface area contributed by atoms with E-state index in [-0.39, 0.29) is 17.7 Å². The van der Waals surface area contributed by atoms with Gasteiger partial charge in [-0.2, -0.15) is 4.98 Å². The SMILES string of the molecule is C[C@@H](O)[C@H](NC(=O)C1CC1)c1nc(-c2ccnc(N3CCCCC3)c2)no1. The molecule has 2 fully saturated rings. The molecule has 0 spiro atoms. The second-order valence-corrected chi connectivity index (χ2v) is 7.41. The Hall–Kier alpha value is -2.48. The minimum atomic E-state index is -0.831. The van der Waals surface area contributed by atoms with Crippen molar-refractivity contribution in [2.45, 2.75) is 51.2 Å². The summed E-state index contributed by atoms with van der Waals surface area (Å²) in [5, 5.41) is 16.9. The lowest BCUT2D eigenvalue weighted by Gasteiger charge is -2.27. The van der Waals surface area contributed by atoms with Crippen molar-refractivity contribution in [3.63, 3.8) is 0 Å². The molecule has 27 heavy (non-hydrogen) atoms. The van der Waals surface area contributed by atoms with E-state index in [1.807, 2.05) is 12.1 Å². The number of aromatic nitrogens is 3. The number of nitrogens with one attached hydrogen (secondary N) is 1. The second-order valence-electron chi connectivity index (χ2n) is 7.41. The number of pyridine rings is 1. The van der Waals surface area contributed by atoms with Crippen molar-refractivity contribution in [3.05, 3.63) is 24.2 Å². The molecule has 2 atom stereocenters. The van der Waals surface area contributed by atoms with Gasteiger partial charge in [0.25, 0.3) is 5.89 Å². The lowest BCUT2D eigenvalue weighted by atomic mass is 10.1. The van der Waals surface area contributed by atoms with E-state index in [1.54, 1.807) is 13.1 Å². The average Bonchev–Trinajstić information content (AvgIpc) is 3.44. The second kappa shape index (κ2) is 7.64. The Bertz CT molecular complexity index is 796. The van der Waals surface area contributed by atoms with Gasteiger partial charge in [-0.05, 0) is 51.2 Å². The standard InChI is InChI=1S/C19H25N5O3/c1-12(25)16(21-18(26)13-5-6-13)19-22-17(23-27-19)14-7-8-20-15(11-14)24-9-3-2-4-10-24/h7-8,11-13,16,25H,2-6,9-10H2,1H3,(H,21,26)/t12-,16+/m1/s1. The predicted molar refractivity (Wildman–Crippen MR) is 98.9 cm³/mol. The lowest BCUT2D eigenvalue weighted by Crippen LogP contribution is -2.36. The largest absolute Gasteiger partial charge is 0.391 e. The predicted octanol–water partition coefficient (Wildman–Crippen LogP) is 2.07. The summed E-state index contributed by atoms with van der Waals surface area (Å²) in [6.45, 7) is 3.61. The zero-order valence-electron chi connectivity index (χ0n) is 15.5. The number of carbonyl (C=O) groups is 1. The fourth-order valence-corrected chi connectivity index (χ4v) is 3.34. The first-order valence-electron chi connectivity index (χ1n) is 9.65. The molecule has 3 heterocycles. The highest BCUT2D eigenvalue weighted by atomic mass is 16.5. The van der Waals surface area contributed by atoms with Gasteiger partial charge in [0, 0.05) is 30.8 Å². The van der Waals surface area contributed by atoms with E-state index < -0.39 is 12.1 Å². The number of carbonyl (C=O) groups excluding carboxylic acids is 1. The molecule has 2 N–H and O–H groups in total. The summed E-state index contributed by atoms with van der Waals surface area (Å²) in [6, 6.07) is 3.09. The Morgan fingerprint density at radius 1 is 1.33 bits per heavy atom. The first-order chi connectivity index (χ1) is 13.1. The van der Waals surface area contributed by atoms with Crippen LogP contribution >= 0.6 is 0 Å². The summed E-state index contributed by atoms with van der Waals surface area (Å²) in [4.78, 5) is 23.2. The van der Waals surface area contributed by atoms with Crippen LogP contribution in [-0.2, 0) is 4.79 Å². The maximum atomic E-state index is 12.1. The number of hydrogen-bond acceptors (Lipinski definition) is 7. The van der Waals surface area contributed by atoms with E-state index in [4.69, 9.17) is 4.52 Å². The third-order valence-corrected chi connectivity index (χ3v) is 5.12. The molecule has 1 amide bonds. The van der Waals surface area contributed by atoms with Crippen LogP contribution in [-0.4, -0.2) is 45.3 Å². The third-order valence-electron chi connectivity index (χ3n) is 5.12. The molecule has 0 radical (unpaired) electrons. The van der Waals surface area contributed by atoms with Crippen LogP contribution in [0.2, 0.25) is 0 Å². The number of nitrogens with zero attached hydrogens (tertiary/aromatic N) is 4. The van der Waals surface area contributed by atoms with Gasteiger partial charge >= 0.3 is 0 Å². The summed E-state index contributed by atoms with van der Waals surface area (Å²) >= 11 is 0. The molecule has 0 unspecified atom stereocenters. The topological polar surface area (TPSA) is 104 Å². The van der Waals surface area contributed by atoms with Crippen molar-refractivity contribution in [2.24, 2.45) is 5.92 Å². The molecule has 4 rings (SSSR count). The molecule has 8 nitrogen and oxygen atoms in total. The monoisotopic (exact) mass is 371 g/mol. The van der Waals surface area contributed by atoms with E-state index in [9.17, 15) is 9.90 Å². The van der Waals surface area contributed by atoms with E-state index in [0.29, 0.717) is 5.82 Å². The number of rotatable bonds is 6. The zero-order chi connectivity index (χ0) is 18.8. The molecule has 2 aliphatic rings. The van der Waals surface area contributed by atoms with Crippen molar-refractivity contribution in [1.82, 2.24) is 20.4 Å². The van der Waals surface area contributed by atoms with E-state index in [1.165, 1.54) is 19.3 Å². The Morgan fingerprint density at radius 3 is 2.81 bits per heavy atom. The van der Waals surface area contributed by atoms with E-state index in [2.05, 4.69) is 25.3 Å². The molecule has 2 aromatic heterocycles. The Balaban J connectivity index is 1.53. The van der Waals surface area contributed by atoms with Crippen LogP contribution in [0, 0.1) is 5.92 Å². The molecule has 144 valence electrons. The van der Waals surface area contributed by atoms with E-state index in [0.717, 1.165) is 37.3 Å². The van der Waals surface area contributed by atoms with E-state index >= 15 is 0 Å². The first-order valence-corrected chi connectivity index (χ1v) is 9.65. The van der Waals surface area contributed by atoms with Gasteiger partial charge in [-0.1, -0.05) is 5.16 Å². The summed E-state index contributed by atoms with van der Waals surface area (Å²) in [7, 11) is 0. The molecule has 8 heteroatoms. The van der Waals surface area contributed by atoms with Gasteiger partial charge in [-0.15, -0.1) is 0 Å². The number of amides is 1. The van der Waals surface area contributed by atoms with Crippen LogP contribution in [0.5, 0.6) is 0 Å².